The standard InChI is InChI=1S/C7H12O2.C5H10O/c1-5(7(3)9)4-6(2)8;1-3-4-5(2)6/h5H,4H2,1-3H3;3-4H2,1-2H3/t5-;/m1./s1. The van der Waals surface area contributed by atoms with E-state index in [1.54, 1.807) is 13.8 Å². The van der Waals surface area contributed by atoms with Crippen molar-refractivity contribution in [2.45, 2.75) is 53.9 Å². The summed E-state index contributed by atoms with van der Waals surface area (Å²) in [6.07, 6.45) is 2.10. The van der Waals surface area contributed by atoms with E-state index in [-0.39, 0.29) is 23.3 Å². The summed E-state index contributed by atoms with van der Waals surface area (Å²) in [4.78, 5) is 31.0. The van der Waals surface area contributed by atoms with Gasteiger partial charge in [-0.3, -0.25) is 4.79 Å². The molecule has 88 valence electrons. The Bertz CT molecular complexity index is 219. The van der Waals surface area contributed by atoms with E-state index in [1.165, 1.54) is 13.8 Å². The quantitative estimate of drug-likeness (QED) is 0.706. The van der Waals surface area contributed by atoms with Gasteiger partial charge in [-0.25, -0.2) is 0 Å². The summed E-state index contributed by atoms with van der Waals surface area (Å²) >= 11 is 0. The number of hydrogen-bond acceptors (Lipinski definition) is 3. The third kappa shape index (κ3) is 15.7. The van der Waals surface area contributed by atoms with Crippen molar-refractivity contribution in [3.05, 3.63) is 0 Å². The van der Waals surface area contributed by atoms with Crippen LogP contribution in [0.4, 0.5) is 0 Å². The normalized spacial score (nSPS) is 11.0. The molecule has 0 radical (unpaired) electrons. The minimum atomic E-state index is -0.0949. The van der Waals surface area contributed by atoms with Crippen molar-refractivity contribution < 1.29 is 14.4 Å². The Kier molecular flexibility index (Phi) is 10.5. The highest BCUT2D eigenvalue weighted by atomic mass is 16.1. The molecule has 0 aliphatic heterocycles. The van der Waals surface area contributed by atoms with Crippen molar-refractivity contribution in [1.29, 1.82) is 0 Å². The summed E-state index contributed by atoms with van der Waals surface area (Å²) in [6.45, 7) is 8.39. The van der Waals surface area contributed by atoms with Gasteiger partial charge in [0.15, 0.2) is 0 Å². The lowest BCUT2D eigenvalue weighted by molar-refractivity contribution is -0.125. The summed E-state index contributed by atoms with van der Waals surface area (Å²) in [6, 6.07) is 0. The average Bonchev–Trinajstić information content (AvgIpc) is 2.03. The van der Waals surface area contributed by atoms with Gasteiger partial charge in [0.25, 0.3) is 0 Å². The molecule has 0 heterocycles. The second-order valence-corrected chi connectivity index (χ2v) is 3.87. The van der Waals surface area contributed by atoms with Crippen molar-refractivity contribution in [3.63, 3.8) is 0 Å². The number of carbonyl (C=O) groups is 3. The number of Topliss-reactive ketones (excluding diaryl/α,β-unsaturated/α-hetero) is 3. The van der Waals surface area contributed by atoms with E-state index in [0.29, 0.717) is 6.42 Å². The first-order valence-electron chi connectivity index (χ1n) is 5.30. The van der Waals surface area contributed by atoms with Crippen LogP contribution in [-0.2, 0) is 14.4 Å². The first-order valence-corrected chi connectivity index (χ1v) is 5.30. The first kappa shape index (κ1) is 16.4. The Morgan fingerprint density at radius 1 is 1.00 bits per heavy atom. The third-order valence-corrected chi connectivity index (χ3v) is 1.89. The maximum absolute atomic E-state index is 10.5. The van der Waals surface area contributed by atoms with Crippen molar-refractivity contribution >= 4 is 17.3 Å². The van der Waals surface area contributed by atoms with Gasteiger partial charge in [0.1, 0.15) is 17.3 Å². The molecule has 0 N–H and O–H groups in total. The molecule has 0 aliphatic rings. The second-order valence-electron chi connectivity index (χ2n) is 3.87. The minimum Gasteiger partial charge on any atom is -0.300 e. The van der Waals surface area contributed by atoms with Crippen LogP contribution in [-0.4, -0.2) is 17.3 Å². The fraction of sp³-hybridized carbons (Fsp3) is 0.750. The molecule has 0 saturated carbocycles. The van der Waals surface area contributed by atoms with Gasteiger partial charge in [0, 0.05) is 18.8 Å². The molecule has 0 saturated heterocycles. The van der Waals surface area contributed by atoms with Gasteiger partial charge < -0.3 is 9.59 Å². The molecule has 0 aromatic carbocycles. The van der Waals surface area contributed by atoms with Gasteiger partial charge >= 0.3 is 0 Å². The molecule has 0 aliphatic carbocycles. The molecule has 0 unspecified atom stereocenters. The summed E-state index contributed by atoms with van der Waals surface area (Å²) in [5.41, 5.74) is 0. The third-order valence-electron chi connectivity index (χ3n) is 1.89. The lowest BCUT2D eigenvalue weighted by Gasteiger charge is -2.01. The zero-order chi connectivity index (χ0) is 12.4. The summed E-state index contributed by atoms with van der Waals surface area (Å²) < 4.78 is 0. The van der Waals surface area contributed by atoms with Crippen LogP contribution in [0.1, 0.15) is 53.9 Å². The molecular formula is C12H22O3. The van der Waals surface area contributed by atoms with Crippen LogP contribution in [0, 0.1) is 5.92 Å². The zero-order valence-corrected chi connectivity index (χ0v) is 10.4. The maximum Gasteiger partial charge on any atom is 0.133 e. The zero-order valence-electron chi connectivity index (χ0n) is 10.4. The molecule has 15 heavy (non-hydrogen) atoms. The molecule has 3 heteroatoms. The van der Waals surface area contributed by atoms with Crippen LogP contribution >= 0.6 is 0 Å². The van der Waals surface area contributed by atoms with Crippen LogP contribution in [0.2, 0.25) is 0 Å². The van der Waals surface area contributed by atoms with Gasteiger partial charge in [-0.15, -0.1) is 0 Å². The van der Waals surface area contributed by atoms with E-state index in [2.05, 4.69) is 0 Å². The SMILES string of the molecule is CC(=O)C[C@@H](C)C(C)=O.CCCC(C)=O. The molecular weight excluding hydrogens is 192 g/mol. The van der Waals surface area contributed by atoms with Gasteiger partial charge in [-0.2, -0.15) is 0 Å². The number of carbonyl (C=O) groups excluding carboxylic acids is 3. The summed E-state index contributed by atoms with van der Waals surface area (Å²) in [5, 5.41) is 0. The smallest absolute Gasteiger partial charge is 0.133 e. The van der Waals surface area contributed by atoms with Gasteiger partial charge in [0.2, 0.25) is 0 Å². The summed E-state index contributed by atoms with van der Waals surface area (Å²) in [5.74, 6) is 0.364. The average molecular weight is 214 g/mol. The first-order chi connectivity index (χ1) is 6.81. The number of rotatable bonds is 5. The highest BCUT2D eigenvalue weighted by Gasteiger charge is 2.08. The second kappa shape index (κ2) is 9.56. The van der Waals surface area contributed by atoms with Crippen LogP contribution in [0.3, 0.4) is 0 Å². The Hall–Kier alpha value is -0.990. The minimum absolute atomic E-state index is 0.0812. The lowest BCUT2D eigenvalue weighted by Crippen LogP contribution is -2.09. The van der Waals surface area contributed by atoms with Gasteiger partial charge in [-0.05, 0) is 27.2 Å². The van der Waals surface area contributed by atoms with E-state index in [1.807, 2.05) is 6.92 Å². The number of hydrogen-bond donors (Lipinski definition) is 0. The predicted octanol–water partition coefficient (Wildman–Crippen LogP) is 2.57. The van der Waals surface area contributed by atoms with Crippen LogP contribution in [0.5, 0.6) is 0 Å². The van der Waals surface area contributed by atoms with E-state index in [9.17, 15) is 14.4 Å². The molecule has 0 aromatic rings. The van der Waals surface area contributed by atoms with Crippen molar-refractivity contribution in [2.24, 2.45) is 5.92 Å². The van der Waals surface area contributed by atoms with Gasteiger partial charge in [-0.1, -0.05) is 13.8 Å². The molecule has 1 atom stereocenters. The van der Waals surface area contributed by atoms with Crippen LogP contribution in [0.15, 0.2) is 0 Å². The molecule has 0 fully saturated rings. The largest absolute Gasteiger partial charge is 0.300 e. The van der Waals surface area contributed by atoms with Crippen molar-refractivity contribution in [2.75, 3.05) is 0 Å². The fourth-order valence-electron chi connectivity index (χ4n) is 0.927. The monoisotopic (exact) mass is 214 g/mol. The molecule has 0 rings (SSSR count). The molecule has 0 bridgehead atoms. The van der Waals surface area contributed by atoms with Gasteiger partial charge in [0.05, 0.1) is 0 Å². The van der Waals surface area contributed by atoms with Crippen molar-refractivity contribution in [3.8, 4) is 0 Å². The fourth-order valence-corrected chi connectivity index (χ4v) is 0.927. The highest BCUT2D eigenvalue weighted by molar-refractivity contribution is 5.85. The maximum atomic E-state index is 10.5. The molecule has 0 amide bonds. The van der Waals surface area contributed by atoms with Crippen LogP contribution < -0.4 is 0 Å². The van der Waals surface area contributed by atoms with E-state index >= 15 is 0 Å². The topological polar surface area (TPSA) is 51.2 Å². The van der Waals surface area contributed by atoms with E-state index in [0.717, 1.165) is 12.8 Å². The highest BCUT2D eigenvalue weighted by Crippen LogP contribution is 2.02. The Labute approximate surface area is 92.2 Å². The Morgan fingerprint density at radius 3 is 1.53 bits per heavy atom. The number of ketones is 3. The molecule has 0 spiro atoms. The van der Waals surface area contributed by atoms with E-state index < -0.39 is 0 Å². The predicted molar refractivity (Wildman–Crippen MR) is 60.7 cm³/mol. The summed E-state index contributed by atoms with van der Waals surface area (Å²) in [7, 11) is 0. The lowest BCUT2D eigenvalue weighted by atomic mass is 10.0. The van der Waals surface area contributed by atoms with Crippen LogP contribution in [0.25, 0.3) is 0 Å². The van der Waals surface area contributed by atoms with Crippen molar-refractivity contribution in [1.82, 2.24) is 0 Å². The molecule has 3 nitrogen and oxygen atoms in total. The van der Waals surface area contributed by atoms with E-state index in [4.69, 9.17) is 0 Å². The Morgan fingerprint density at radius 2 is 1.47 bits per heavy atom. The Balaban J connectivity index is 0. The molecule has 0 aromatic heterocycles.